The van der Waals surface area contributed by atoms with Crippen LogP contribution in [0.1, 0.15) is 17.7 Å². The highest BCUT2D eigenvalue weighted by molar-refractivity contribution is 7.88. The normalized spacial score (nSPS) is 18.7. The fourth-order valence-corrected chi connectivity index (χ4v) is 4.25. The molecule has 128 valence electrons. The van der Waals surface area contributed by atoms with Crippen LogP contribution in [0.25, 0.3) is 0 Å². The lowest BCUT2D eigenvalue weighted by Crippen LogP contribution is -2.32. The molecule has 0 aliphatic carbocycles. The van der Waals surface area contributed by atoms with E-state index < -0.39 is 15.8 Å². The van der Waals surface area contributed by atoms with Crippen LogP contribution < -0.4 is 4.74 Å². The molecule has 1 atom stereocenters. The van der Waals surface area contributed by atoms with Gasteiger partial charge in [-0.05, 0) is 43.2 Å². The highest BCUT2D eigenvalue weighted by atomic mass is 32.2. The highest BCUT2D eigenvalue weighted by Crippen LogP contribution is 2.22. The first-order chi connectivity index (χ1) is 11.4. The second-order valence-corrected chi connectivity index (χ2v) is 7.88. The first-order valence-electron chi connectivity index (χ1n) is 7.74. The topological polar surface area (TPSA) is 59.5 Å². The Labute approximate surface area is 141 Å². The summed E-state index contributed by atoms with van der Waals surface area (Å²) in [5, 5.41) is 0. The van der Waals surface area contributed by atoms with Crippen LogP contribution in [0.5, 0.6) is 5.75 Å². The van der Waals surface area contributed by atoms with E-state index in [2.05, 4.69) is 4.98 Å². The van der Waals surface area contributed by atoms with Gasteiger partial charge in [0.15, 0.2) is 0 Å². The molecule has 0 radical (unpaired) electrons. The molecule has 0 bridgehead atoms. The zero-order valence-corrected chi connectivity index (χ0v) is 14.2. The number of halogens is 1. The third-order valence-corrected chi connectivity index (χ3v) is 5.74. The maximum Gasteiger partial charge on any atom is 0.218 e. The van der Waals surface area contributed by atoms with Crippen molar-refractivity contribution in [2.45, 2.75) is 25.2 Å². The standard InChI is InChI=1S/C17H19FN2O3S/c1-13-5-6-16(10-19-13)23-17-7-8-20(11-17)24(21,22)12-14-3-2-4-15(18)9-14/h2-6,9-10,17H,7-8,11-12H2,1H3. The Morgan fingerprint density at radius 2 is 2.17 bits per heavy atom. The Kier molecular flexibility index (Phi) is 4.82. The molecule has 0 saturated carbocycles. The molecule has 0 spiro atoms. The summed E-state index contributed by atoms with van der Waals surface area (Å²) in [6.07, 6.45) is 2.06. The number of ether oxygens (including phenoxy) is 1. The highest BCUT2D eigenvalue weighted by Gasteiger charge is 2.32. The second-order valence-electron chi connectivity index (χ2n) is 5.91. The van der Waals surface area contributed by atoms with Gasteiger partial charge in [-0.1, -0.05) is 12.1 Å². The molecule has 0 amide bonds. The van der Waals surface area contributed by atoms with Crippen LogP contribution >= 0.6 is 0 Å². The van der Waals surface area contributed by atoms with Gasteiger partial charge in [0.1, 0.15) is 17.7 Å². The van der Waals surface area contributed by atoms with Gasteiger partial charge in [0, 0.05) is 12.2 Å². The van der Waals surface area contributed by atoms with E-state index in [1.54, 1.807) is 12.3 Å². The van der Waals surface area contributed by atoms with Crippen LogP contribution in [0.3, 0.4) is 0 Å². The molecular formula is C17H19FN2O3S. The van der Waals surface area contributed by atoms with Crippen LogP contribution in [0.4, 0.5) is 4.39 Å². The predicted octanol–water partition coefficient (Wildman–Crippen LogP) is 2.51. The Morgan fingerprint density at radius 3 is 2.88 bits per heavy atom. The Balaban J connectivity index is 1.62. The number of nitrogens with zero attached hydrogens (tertiary/aromatic N) is 2. The van der Waals surface area contributed by atoms with Crippen LogP contribution in [0.15, 0.2) is 42.6 Å². The lowest BCUT2D eigenvalue weighted by Gasteiger charge is -2.17. The number of rotatable bonds is 5. The molecule has 1 unspecified atom stereocenters. The lowest BCUT2D eigenvalue weighted by atomic mass is 10.2. The first kappa shape index (κ1) is 16.9. The van der Waals surface area contributed by atoms with E-state index in [1.807, 2.05) is 19.1 Å². The first-order valence-corrected chi connectivity index (χ1v) is 9.35. The molecule has 2 heterocycles. The lowest BCUT2D eigenvalue weighted by molar-refractivity contribution is 0.214. The third kappa shape index (κ3) is 4.10. The number of hydrogen-bond donors (Lipinski definition) is 0. The second kappa shape index (κ2) is 6.86. The summed E-state index contributed by atoms with van der Waals surface area (Å²) in [6, 6.07) is 9.35. The summed E-state index contributed by atoms with van der Waals surface area (Å²) < 4.78 is 45.4. The van der Waals surface area contributed by atoms with E-state index in [9.17, 15) is 12.8 Å². The summed E-state index contributed by atoms with van der Waals surface area (Å²) >= 11 is 0. The smallest absolute Gasteiger partial charge is 0.218 e. The largest absolute Gasteiger partial charge is 0.487 e. The molecule has 3 rings (SSSR count). The molecule has 1 saturated heterocycles. The SMILES string of the molecule is Cc1ccc(OC2CCN(S(=O)(=O)Cc3cccc(F)c3)C2)cn1. The van der Waals surface area contributed by atoms with Gasteiger partial charge in [0.2, 0.25) is 10.0 Å². The van der Waals surface area contributed by atoms with Gasteiger partial charge in [-0.15, -0.1) is 0 Å². The van der Waals surface area contributed by atoms with Gasteiger partial charge in [-0.2, -0.15) is 4.31 Å². The minimum absolute atomic E-state index is 0.197. The van der Waals surface area contributed by atoms with Crippen molar-refractivity contribution in [2.24, 2.45) is 0 Å². The van der Waals surface area contributed by atoms with Crippen molar-refractivity contribution in [3.05, 3.63) is 59.7 Å². The van der Waals surface area contributed by atoms with Crippen molar-refractivity contribution in [3.63, 3.8) is 0 Å². The van der Waals surface area contributed by atoms with Gasteiger partial charge in [0.05, 0.1) is 18.5 Å². The summed E-state index contributed by atoms with van der Waals surface area (Å²) in [4.78, 5) is 4.16. The molecule has 1 aliphatic rings. The number of sulfonamides is 1. The zero-order valence-electron chi connectivity index (χ0n) is 13.4. The monoisotopic (exact) mass is 350 g/mol. The van der Waals surface area contributed by atoms with Gasteiger partial charge < -0.3 is 4.74 Å². The fourth-order valence-electron chi connectivity index (χ4n) is 2.69. The van der Waals surface area contributed by atoms with E-state index in [-0.39, 0.29) is 11.9 Å². The van der Waals surface area contributed by atoms with Crippen LogP contribution in [0, 0.1) is 12.7 Å². The molecule has 1 aromatic carbocycles. The third-order valence-electron chi connectivity index (χ3n) is 3.93. The van der Waals surface area contributed by atoms with Crippen LogP contribution in [-0.2, 0) is 15.8 Å². The maximum absolute atomic E-state index is 13.2. The van der Waals surface area contributed by atoms with E-state index in [0.29, 0.717) is 30.8 Å². The van der Waals surface area contributed by atoms with E-state index in [4.69, 9.17) is 4.74 Å². The molecule has 1 aliphatic heterocycles. The minimum Gasteiger partial charge on any atom is -0.487 e. The summed E-state index contributed by atoms with van der Waals surface area (Å²) in [7, 11) is -3.49. The van der Waals surface area contributed by atoms with Crippen molar-refractivity contribution >= 4 is 10.0 Å². The van der Waals surface area contributed by atoms with Gasteiger partial charge in [-0.3, -0.25) is 4.98 Å². The average molecular weight is 350 g/mol. The Morgan fingerprint density at radius 1 is 1.33 bits per heavy atom. The summed E-state index contributed by atoms with van der Waals surface area (Å²) in [6.45, 7) is 2.59. The number of aromatic nitrogens is 1. The zero-order chi connectivity index (χ0) is 17.2. The summed E-state index contributed by atoms with van der Waals surface area (Å²) in [5.74, 6) is -0.00370. The van der Waals surface area contributed by atoms with Gasteiger partial charge in [0.25, 0.3) is 0 Å². The van der Waals surface area contributed by atoms with E-state index >= 15 is 0 Å². The quantitative estimate of drug-likeness (QED) is 0.831. The number of hydrogen-bond acceptors (Lipinski definition) is 4. The van der Waals surface area contributed by atoms with Gasteiger partial charge in [-0.25, -0.2) is 12.8 Å². The van der Waals surface area contributed by atoms with E-state index in [1.165, 1.54) is 22.5 Å². The fraction of sp³-hybridized carbons (Fsp3) is 0.353. The molecule has 7 heteroatoms. The number of aryl methyl sites for hydroxylation is 1. The van der Waals surface area contributed by atoms with Crippen molar-refractivity contribution in [1.82, 2.24) is 9.29 Å². The van der Waals surface area contributed by atoms with Crippen molar-refractivity contribution in [2.75, 3.05) is 13.1 Å². The van der Waals surface area contributed by atoms with E-state index in [0.717, 1.165) is 5.69 Å². The molecule has 1 aromatic heterocycles. The van der Waals surface area contributed by atoms with Crippen LogP contribution in [0.2, 0.25) is 0 Å². The molecule has 0 N–H and O–H groups in total. The van der Waals surface area contributed by atoms with Crippen molar-refractivity contribution in [3.8, 4) is 5.75 Å². The number of pyridine rings is 1. The average Bonchev–Trinajstić information content (AvgIpc) is 2.99. The molecular weight excluding hydrogens is 331 g/mol. The molecule has 5 nitrogen and oxygen atoms in total. The Bertz CT molecular complexity index is 809. The Hall–Kier alpha value is -1.99. The van der Waals surface area contributed by atoms with Crippen molar-refractivity contribution in [1.29, 1.82) is 0 Å². The van der Waals surface area contributed by atoms with Gasteiger partial charge >= 0.3 is 0 Å². The summed E-state index contributed by atoms with van der Waals surface area (Å²) in [5.41, 5.74) is 1.34. The maximum atomic E-state index is 13.2. The molecule has 1 fully saturated rings. The van der Waals surface area contributed by atoms with Crippen LogP contribution in [-0.4, -0.2) is 36.9 Å². The predicted molar refractivity (Wildman–Crippen MR) is 88.6 cm³/mol. The molecule has 24 heavy (non-hydrogen) atoms. The molecule has 2 aromatic rings. The minimum atomic E-state index is -3.49. The number of benzene rings is 1. The van der Waals surface area contributed by atoms with Crippen molar-refractivity contribution < 1.29 is 17.5 Å².